The van der Waals surface area contributed by atoms with Crippen LogP contribution in [0.15, 0.2) is 0 Å². The lowest BCUT2D eigenvalue weighted by molar-refractivity contribution is -0.157. The lowest BCUT2D eigenvalue weighted by Gasteiger charge is -2.34. The Balaban J connectivity index is 1.85. The molecular weight excluding hydrogens is 348 g/mol. The van der Waals surface area contributed by atoms with Crippen molar-refractivity contribution < 1.29 is 27.9 Å². The van der Waals surface area contributed by atoms with Crippen LogP contribution >= 0.6 is 0 Å². The van der Waals surface area contributed by atoms with Gasteiger partial charge in [0.25, 0.3) is 0 Å². The molecule has 3 saturated heterocycles. The zero-order valence-electron chi connectivity index (χ0n) is 14.7. The number of nitrogens with zero attached hydrogens (tertiary/aromatic N) is 2. The zero-order chi connectivity index (χ0) is 18.4. The number of hydrogen-bond donors (Lipinski definition) is 1. The molecule has 0 aromatic rings. The van der Waals surface area contributed by atoms with Crippen LogP contribution in [-0.2, 0) is 24.3 Å². The summed E-state index contributed by atoms with van der Waals surface area (Å²) in [7, 11) is -3.42. The Hall–Kier alpha value is -1.19. The summed E-state index contributed by atoms with van der Waals surface area (Å²) in [6.07, 6.45) is 0.902. The lowest BCUT2D eigenvalue weighted by Crippen LogP contribution is -2.52. The van der Waals surface area contributed by atoms with Gasteiger partial charge in [0.15, 0.2) is 0 Å². The number of carboxylic acid groups (broad SMARTS) is 1. The minimum Gasteiger partial charge on any atom is -0.481 e. The number of aliphatic carboxylic acids is 1. The normalized spacial score (nSPS) is 33.4. The number of hydrogen-bond acceptors (Lipinski definition) is 5. The van der Waals surface area contributed by atoms with Crippen molar-refractivity contribution >= 4 is 21.9 Å². The van der Waals surface area contributed by atoms with E-state index in [2.05, 4.69) is 0 Å². The van der Waals surface area contributed by atoms with Gasteiger partial charge in [0, 0.05) is 32.2 Å². The van der Waals surface area contributed by atoms with Crippen molar-refractivity contribution in [2.24, 2.45) is 17.3 Å². The number of carboxylic acids is 1. The van der Waals surface area contributed by atoms with E-state index in [1.807, 2.05) is 13.8 Å². The van der Waals surface area contributed by atoms with Gasteiger partial charge in [0.05, 0.1) is 17.8 Å². The predicted molar refractivity (Wildman–Crippen MR) is 89.3 cm³/mol. The van der Waals surface area contributed by atoms with Gasteiger partial charge < -0.3 is 14.7 Å². The molecular formula is C16H26N2O6S. The Kier molecular flexibility index (Phi) is 4.85. The van der Waals surface area contributed by atoms with E-state index in [4.69, 9.17) is 4.74 Å². The van der Waals surface area contributed by atoms with Crippen LogP contribution in [0.4, 0.5) is 0 Å². The molecule has 0 aliphatic carbocycles. The molecule has 3 aliphatic rings. The molecule has 0 aromatic carbocycles. The maximum atomic E-state index is 13.2. The molecule has 3 aliphatic heterocycles. The molecule has 0 spiro atoms. The van der Waals surface area contributed by atoms with Gasteiger partial charge in [0.1, 0.15) is 6.04 Å². The van der Waals surface area contributed by atoms with Crippen molar-refractivity contribution in [2.75, 3.05) is 38.6 Å². The number of likely N-dealkylation sites (tertiary alicyclic amines) is 1. The molecule has 0 radical (unpaired) electrons. The first-order valence-electron chi connectivity index (χ1n) is 8.78. The summed E-state index contributed by atoms with van der Waals surface area (Å²) in [4.78, 5) is 26.6. The molecule has 3 atom stereocenters. The van der Waals surface area contributed by atoms with Crippen LogP contribution < -0.4 is 0 Å². The van der Waals surface area contributed by atoms with Gasteiger partial charge in [-0.2, -0.15) is 4.31 Å². The van der Waals surface area contributed by atoms with E-state index in [0.29, 0.717) is 39.1 Å². The first kappa shape index (κ1) is 18.6. The summed E-state index contributed by atoms with van der Waals surface area (Å²) in [5.41, 5.74) is -0.973. The molecule has 0 bridgehead atoms. The number of carbonyl (C=O) groups excluding carboxylic acids is 1. The molecule has 0 saturated carbocycles. The van der Waals surface area contributed by atoms with Gasteiger partial charge in [-0.25, -0.2) is 8.42 Å². The Morgan fingerprint density at radius 1 is 1.32 bits per heavy atom. The SMILES string of the molecule is CC(C)C(C(=O)N1C[C@H]2COCC[C@@]2(C(=O)O)C1)N1CCCS1(=O)=O. The maximum absolute atomic E-state index is 13.2. The topological polar surface area (TPSA) is 104 Å². The Labute approximate surface area is 148 Å². The van der Waals surface area contributed by atoms with E-state index in [1.165, 1.54) is 4.31 Å². The second-order valence-electron chi connectivity index (χ2n) is 7.67. The van der Waals surface area contributed by atoms with Crippen molar-refractivity contribution in [2.45, 2.75) is 32.7 Å². The fourth-order valence-electron chi connectivity index (χ4n) is 4.37. The smallest absolute Gasteiger partial charge is 0.311 e. The van der Waals surface area contributed by atoms with Crippen LogP contribution in [0.1, 0.15) is 26.7 Å². The molecule has 3 fully saturated rings. The summed E-state index contributed by atoms with van der Waals surface area (Å²) in [6, 6.07) is -0.764. The van der Waals surface area contributed by atoms with Gasteiger partial charge in [-0.1, -0.05) is 13.8 Å². The number of sulfonamides is 1. The molecule has 142 valence electrons. The molecule has 3 heterocycles. The Bertz CT molecular complexity index is 664. The largest absolute Gasteiger partial charge is 0.481 e. The van der Waals surface area contributed by atoms with Crippen LogP contribution in [0.5, 0.6) is 0 Å². The van der Waals surface area contributed by atoms with Gasteiger partial charge >= 0.3 is 5.97 Å². The highest BCUT2D eigenvalue weighted by Crippen LogP contribution is 2.43. The summed E-state index contributed by atoms with van der Waals surface area (Å²) >= 11 is 0. The third-order valence-electron chi connectivity index (χ3n) is 5.78. The number of ether oxygens (including phenoxy) is 1. The molecule has 9 heteroatoms. The monoisotopic (exact) mass is 374 g/mol. The van der Waals surface area contributed by atoms with E-state index in [1.54, 1.807) is 4.90 Å². The highest BCUT2D eigenvalue weighted by atomic mass is 32.2. The molecule has 8 nitrogen and oxygen atoms in total. The molecule has 25 heavy (non-hydrogen) atoms. The standard InChI is InChI=1S/C16H26N2O6S/c1-11(2)13(18-5-3-7-25(18,22)23)14(19)17-8-12-9-24-6-4-16(12,10-17)15(20)21/h11-13H,3-10H2,1-2H3,(H,20,21)/t12-,13?,16+/m0/s1. The fraction of sp³-hybridized carbons (Fsp3) is 0.875. The zero-order valence-corrected chi connectivity index (χ0v) is 15.5. The van der Waals surface area contributed by atoms with Crippen molar-refractivity contribution in [3.8, 4) is 0 Å². The van der Waals surface area contributed by atoms with Gasteiger partial charge in [-0.3, -0.25) is 9.59 Å². The van der Waals surface area contributed by atoms with Crippen LogP contribution in [0, 0.1) is 17.3 Å². The van der Waals surface area contributed by atoms with Crippen LogP contribution in [0.25, 0.3) is 0 Å². The maximum Gasteiger partial charge on any atom is 0.311 e. The Morgan fingerprint density at radius 2 is 2.04 bits per heavy atom. The van der Waals surface area contributed by atoms with Gasteiger partial charge in [0.2, 0.25) is 15.9 Å². The van der Waals surface area contributed by atoms with E-state index >= 15 is 0 Å². The fourth-order valence-corrected chi connectivity index (χ4v) is 6.18. The van der Waals surface area contributed by atoms with Crippen molar-refractivity contribution in [3.63, 3.8) is 0 Å². The van der Waals surface area contributed by atoms with E-state index in [9.17, 15) is 23.1 Å². The summed E-state index contributed by atoms with van der Waals surface area (Å²) in [6.45, 7) is 5.14. The van der Waals surface area contributed by atoms with E-state index < -0.39 is 27.4 Å². The average Bonchev–Trinajstić information content (AvgIpc) is 3.08. The second-order valence-corrected chi connectivity index (χ2v) is 9.71. The third kappa shape index (κ3) is 3.06. The number of amides is 1. The van der Waals surface area contributed by atoms with Crippen molar-refractivity contribution in [1.82, 2.24) is 9.21 Å². The molecule has 3 rings (SSSR count). The quantitative estimate of drug-likeness (QED) is 0.743. The molecule has 0 aromatic heterocycles. The summed E-state index contributed by atoms with van der Waals surface area (Å²) in [5.74, 6) is -1.54. The Morgan fingerprint density at radius 3 is 2.56 bits per heavy atom. The van der Waals surface area contributed by atoms with Crippen molar-refractivity contribution in [3.05, 3.63) is 0 Å². The highest BCUT2D eigenvalue weighted by Gasteiger charge is 2.56. The number of rotatable bonds is 4. The molecule has 1 unspecified atom stereocenters. The van der Waals surface area contributed by atoms with E-state index in [-0.39, 0.29) is 30.0 Å². The first-order valence-corrected chi connectivity index (χ1v) is 10.4. The highest BCUT2D eigenvalue weighted by molar-refractivity contribution is 7.89. The minimum absolute atomic E-state index is 0.0685. The number of carbonyl (C=O) groups is 2. The van der Waals surface area contributed by atoms with Gasteiger partial charge in [-0.05, 0) is 18.8 Å². The summed E-state index contributed by atoms with van der Waals surface area (Å²) < 4.78 is 31.3. The lowest BCUT2D eigenvalue weighted by atomic mass is 9.74. The molecule has 1 amide bonds. The second kappa shape index (κ2) is 6.51. The minimum atomic E-state index is -3.42. The van der Waals surface area contributed by atoms with Crippen LogP contribution in [0.2, 0.25) is 0 Å². The third-order valence-corrected chi connectivity index (χ3v) is 7.71. The summed E-state index contributed by atoms with van der Waals surface area (Å²) in [5, 5.41) is 9.74. The van der Waals surface area contributed by atoms with Crippen LogP contribution in [-0.4, -0.2) is 79.2 Å². The number of fused-ring (bicyclic) bond motifs is 1. The molecule has 1 N–H and O–H groups in total. The van der Waals surface area contributed by atoms with Crippen molar-refractivity contribution in [1.29, 1.82) is 0 Å². The average molecular weight is 374 g/mol. The first-order chi connectivity index (χ1) is 11.7. The van der Waals surface area contributed by atoms with Gasteiger partial charge in [-0.15, -0.1) is 0 Å². The predicted octanol–water partition coefficient (Wildman–Crippen LogP) is -0.00380. The van der Waals surface area contributed by atoms with Crippen LogP contribution in [0.3, 0.4) is 0 Å². The van der Waals surface area contributed by atoms with E-state index in [0.717, 1.165) is 0 Å².